The molecule has 0 aliphatic rings. The van der Waals surface area contributed by atoms with Gasteiger partial charge in [-0.05, 0) is 37.0 Å². The van der Waals surface area contributed by atoms with Crippen molar-refractivity contribution in [2.75, 3.05) is 12.8 Å². The summed E-state index contributed by atoms with van der Waals surface area (Å²) in [5.41, 5.74) is 6.28. The van der Waals surface area contributed by atoms with E-state index in [4.69, 9.17) is 0 Å². The van der Waals surface area contributed by atoms with E-state index < -0.39 is 21.8 Å². The van der Waals surface area contributed by atoms with E-state index in [2.05, 4.69) is 17.8 Å². The fourth-order valence-corrected chi connectivity index (χ4v) is 3.37. The first kappa shape index (κ1) is 23.6. The molecule has 27 heavy (non-hydrogen) atoms. The van der Waals surface area contributed by atoms with E-state index in [1.54, 1.807) is 24.3 Å². The van der Waals surface area contributed by atoms with Crippen molar-refractivity contribution in [1.82, 2.24) is 10.9 Å². The second-order valence-corrected chi connectivity index (χ2v) is 9.02. The number of hydrazine groups is 1. The van der Waals surface area contributed by atoms with Crippen LogP contribution in [0.3, 0.4) is 0 Å². The van der Waals surface area contributed by atoms with Gasteiger partial charge in [0.2, 0.25) is 0 Å². The number of carbonyl (C=O) groups excluding carboxylic acids is 1. The lowest BCUT2D eigenvalue weighted by molar-refractivity contribution is -0.130. The van der Waals surface area contributed by atoms with E-state index in [9.17, 15) is 18.3 Å². The highest BCUT2D eigenvalue weighted by Gasteiger charge is 2.14. The first-order valence-electron chi connectivity index (χ1n) is 9.84. The number of rotatable bonds is 14. The number of amides is 1. The predicted octanol–water partition coefficient (Wildman–Crippen LogP) is 2.76. The van der Waals surface area contributed by atoms with Crippen LogP contribution in [0, 0.1) is 0 Å². The minimum absolute atomic E-state index is 0.263. The van der Waals surface area contributed by atoms with Gasteiger partial charge in [-0.1, -0.05) is 57.6 Å². The highest BCUT2D eigenvalue weighted by atomic mass is 32.2. The highest BCUT2D eigenvalue weighted by Crippen LogP contribution is 2.12. The number of sulfone groups is 1. The first-order valence-corrected chi connectivity index (χ1v) is 11.7. The summed E-state index contributed by atoms with van der Waals surface area (Å²) in [6.45, 7) is 2.90. The molecule has 0 fully saturated rings. The van der Waals surface area contributed by atoms with E-state index in [-0.39, 0.29) is 11.3 Å². The van der Waals surface area contributed by atoms with Gasteiger partial charge in [0.25, 0.3) is 5.91 Å². The Hall–Kier alpha value is -1.44. The number of hydrogen-bond donors (Lipinski definition) is 3. The van der Waals surface area contributed by atoms with Crippen molar-refractivity contribution in [2.24, 2.45) is 0 Å². The van der Waals surface area contributed by atoms with E-state index in [1.807, 2.05) is 0 Å². The number of aryl methyl sites for hydroxylation is 1. The lowest BCUT2D eigenvalue weighted by atomic mass is 10.1. The largest absolute Gasteiger partial charge is 0.383 e. The Morgan fingerprint density at radius 2 is 1.63 bits per heavy atom. The van der Waals surface area contributed by atoms with Gasteiger partial charge in [-0.3, -0.25) is 10.2 Å². The van der Waals surface area contributed by atoms with E-state index >= 15 is 0 Å². The first-order chi connectivity index (χ1) is 12.8. The minimum Gasteiger partial charge on any atom is -0.383 e. The number of benzene rings is 1. The van der Waals surface area contributed by atoms with Crippen LogP contribution >= 0.6 is 0 Å². The van der Waals surface area contributed by atoms with Crippen molar-refractivity contribution in [2.45, 2.75) is 75.7 Å². The molecule has 0 heterocycles. The van der Waals surface area contributed by atoms with Crippen molar-refractivity contribution < 1.29 is 18.3 Å². The zero-order valence-corrected chi connectivity index (χ0v) is 17.4. The molecule has 1 unspecified atom stereocenters. The summed E-state index contributed by atoms with van der Waals surface area (Å²) in [4.78, 5) is 12.1. The van der Waals surface area contributed by atoms with Gasteiger partial charge in [0.1, 0.15) is 6.10 Å². The third kappa shape index (κ3) is 10.5. The quantitative estimate of drug-likeness (QED) is 0.331. The molecular formula is C20H34N2O4S. The lowest BCUT2D eigenvalue weighted by Gasteiger charge is -2.12. The fourth-order valence-electron chi connectivity index (χ4n) is 2.74. The lowest BCUT2D eigenvalue weighted by Crippen LogP contribution is -2.44. The Kier molecular flexibility index (Phi) is 11.2. The summed E-state index contributed by atoms with van der Waals surface area (Å²) >= 11 is 0. The van der Waals surface area contributed by atoms with Gasteiger partial charge in [0.05, 0.1) is 4.90 Å². The average Bonchev–Trinajstić information content (AvgIpc) is 2.64. The van der Waals surface area contributed by atoms with E-state index in [0.29, 0.717) is 13.0 Å². The van der Waals surface area contributed by atoms with Gasteiger partial charge < -0.3 is 5.11 Å². The molecule has 1 aromatic carbocycles. The number of nitrogens with one attached hydrogen (secondary N) is 2. The Balaban J connectivity index is 2.16. The summed E-state index contributed by atoms with van der Waals surface area (Å²) in [6, 6.07) is 6.50. The third-order valence-corrected chi connectivity index (χ3v) is 5.61. The molecule has 0 bridgehead atoms. The molecule has 1 rings (SSSR count). The summed E-state index contributed by atoms with van der Waals surface area (Å²) in [6.07, 6.45) is 9.31. The molecule has 0 saturated heterocycles. The number of aliphatic hydroxyl groups excluding tert-OH is 1. The number of carbonyl (C=O) groups is 1. The SMILES string of the molecule is CCCCCCCCCNNC(=O)C(O)CCc1ccc(S(C)(=O)=O)cc1. The van der Waals surface area contributed by atoms with Crippen LogP contribution in [-0.4, -0.2) is 38.3 Å². The second-order valence-electron chi connectivity index (χ2n) is 7.01. The Labute approximate surface area is 163 Å². The predicted molar refractivity (Wildman–Crippen MR) is 108 cm³/mol. The zero-order valence-electron chi connectivity index (χ0n) is 16.5. The van der Waals surface area contributed by atoms with Crippen LogP contribution in [0.1, 0.15) is 63.9 Å². The van der Waals surface area contributed by atoms with Gasteiger partial charge in [-0.25, -0.2) is 13.8 Å². The molecule has 6 nitrogen and oxygen atoms in total. The Morgan fingerprint density at radius 3 is 2.22 bits per heavy atom. The molecule has 0 aliphatic carbocycles. The van der Waals surface area contributed by atoms with Crippen LogP contribution < -0.4 is 10.9 Å². The summed E-state index contributed by atoms with van der Waals surface area (Å²) in [7, 11) is -3.21. The molecule has 7 heteroatoms. The average molecular weight is 399 g/mol. The van der Waals surface area contributed by atoms with Crippen LogP contribution in [0.2, 0.25) is 0 Å². The van der Waals surface area contributed by atoms with Crippen LogP contribution in [0.15, 0.2) is 29.2 Å². The summed E-state index contributed by atoms with van der Waals surface area (Å²) in [5, 5.41) is 9.94. The molecule has 154 valence electrons. The highest BCUT2D eigenvalue weighted by molar-refractivity contribution is 7.90. The zero-order chi connectivity index (χ0) is 20.1. The standard InChI is InChI=1S/C20H34N2O4S/c1-3-4-5-6-7-8-9-16-21-22-20(24)19(23)15-12-17-10-13-18(14-11-17)27(2,25)26/h10-11,13-14,19,21,23H,3-9,12,15-16H2,1-2H3,(H,22,24). The molecule has 0 spiro atoms. The maximum absolute atomic E-state index is 11.9. The minimum atomic E-state index is -3.21. The van der Waals surface area contributed by atoms with Gasteiger partial charge in [-0.15, -0.1) is 0 Å². The van der Waals surface area contributed by atoms with Crippen molar-refractivity contribution in [3.63, 3.8) is 0 Å². The summed E-state index contributed by atoms with van der Waals surface area (Å²) in [5.74, 6) is -0.439. The van der Waals surface area contributed by atoms with Crippen LogP contribution in [0.25, 0.3) is 0 Å². The molecule has 0 aliphatic heterocycles. The van der Waals surface area contributed by atoms with Crippen LogP contribution in [-0.2, 0) is 21.1 Å². The Bertz CT molecular complexity index is 644. The third-order valence-electron chi connectivity index (χ3n) is 4.48. The van der Waals surface area contributed by atoms with E-state index in [1.165, 1.54) is 32.1 Å². The smallest absolute Gasteiger partial charge is 0.262 e. The van der Waals surface area contributed by atoms with Crippen molar-refractivity contribution >= 4 is 15.7 Å². The van der Waals surface area contributed by atoms with Crippen LogP contribution in [0.4, 0.5) is 0 Å². The number of aliphatic hydroxyl groups is 1. The topological polar surface area (TPSA) is 95.5 Å². The Morgan fingerprint density at radius 1 is 1.04 bits per heavy atom. The molecular weight excluding hydrogens is 364 g/mol. The van der Waals surface area contributed by atoms with E-state index in [0.717, 1.165) is 24.7 Å². The van der Waals surface area contributed by atoms with Gasteiger partial charge in [0.15, 0.2) is 9.84 Å². The van der Waals surface area contributed by atoms with Crippen molar-refractivity contribution in [3.05, 3.63) is 29.8 Å². The normalized spacial score (nSPS) is 12.7. The van der Waals surface area contributed by atoms with Crippen molar-refractivity contribution in [3.8, 4) is 0 Å². The maximum atomic E-state index is 11.9. The molecule has 3 N–H and O–H groups in total. The molecule has 1 amide bonds. The van der Waals surface area contributed by atoms with Gasteiger partial charge in [0, 0.05) is 12.8 Å². The summed E-state index contributed by atoms with van der Waals surface area (Å²) < 4.78 is 22.8. The number of hydrogen-bond acceptors (Lipinski definition) is 5. The monoisotopic (exact) mass is 398 g/mol. The van der Waals surface area contributed by atoms with Gasteiger partial charge in [-0.2, -0.15) is 0 Å². The maximum Gasteiger partial charge on any atom is 0.262 e. The fraction of sp³-hybridized carbons (Fsp3) is 0.650. The van der Waals surface area contributed by atoms with Crippen LogP contribution in [0.5, 0.6) is 0 Å². The second kappa shape index (κ2) is 12.9. The van der Waals surface area contributed by atoms with Gasteiger partial charge >= 0.3 is 0 Å². The molecule has 1 atom stereocenters. The molecule has 0 radical (unpaired) electrons. The molecule has 0 aromatic heterocycles. The number of unbranched alkanes of at least 4 members (excludes halogenated alkanes) is 6. The molecule has 1 aromatic rings. The molecule has 0 saturated carbocycles. The van der Waals surface area contributed by atoms with Crippen molar-refractivity contribution in [1.29, 1.82) is 0 Å².